The van der Waals surface area contributed by atoms with Gasteiger partial charge in [0, 0.05) is 6.07 Å². The van der Waals surface area contributed by atoms with E-state index in [-0.39, 0.29) is 10.0 Å². The fourth-order valence-electron chi connectivity index (χ4n) is 1.34. The molecular weight excluding hydrogens is 272 g/mol. The van der Waals surface area contributed by atoms with Gasteiger partial charge in [-0.25, -0.2) is 8.42 Å². The van der Waals surface area contributed by atoms with Gasteiger partial charge in [0.2, 0.25) is 0 Å². The summed E-state index contributed by atoms with van der Waals surface area (Å²) in [5.41, 5.74) is 0.342. The summed E-state index contributed by atoms with van der Waals surface area (Å²) in [6.45, 7) is 0. The van der Waals surface area contributed by atoms with Crippen molar-refractivity contribution in [2.45, 2.75) is 4.90 Å². The van der Waals surface area contributed by atoms with Crippen LogP contribution >= 0.6 is 23.8 Å². The largest absolute Gasteiger partial charge is 0.495 e. The first-order valence-electron chi connectivity index (χ1n) is 4.15. The van der Waals surface area contributed by atoms with Crippen LogP contribution in [0.5, 0.6) is 5.75 Å². The highest BCUT2D eigenvalue weighted by molar-refractivity contribution is 7.92. The van der Waals surface area contributed by atoms with Gasteiger partial charge in [-0.15, -0.1) is 0 Å². The van der Waals surface area contributed by atoms with Crippen molar-refractivity contribution in [3.05, 3.63) is 17.2 Å². The first-order chi connectivity index (χ1) is 7.44. The third kappa shape index (κ3) is 1.81. The van der Waals surface area contributed by atoms with E-state index < -0.39 is 10.0 Å². The van der Waals surface area contributed by atoms with Crippen LogP contribution in [0.15, 0.2) is 17.0 Å². The van der Waals surface area contributed by atoms with Gasteiger partial charge in [0.25, 0.3) is 10.0 Å². The van der Waals surface area contributed by atoms with Gasteiger partial charge in [0.1, 0.15) is 10.6 Å². The molecule has 1 heterocycles. The molecule has 0 spiro atoms. The summed E-state index contributed by atoms with van der Waals surface area (Å²) in [6, 6.07) is 2.80. The van der Waals surface area contributed by atoms with E-state index in [0.717, 1.165) is 0 Å². The van der Waals surface area contributed by atoms with Gasteiger partial charge < -0.3 is 10.1 Å². The monoisotopic (exact) mass is 278 g/mol. The van der Waals surface area contributed by atoms with Crippen molar-refractivity contribution in [1.29, 1.82) is 0 Å². The molecule has 0 saturated carbocycles. The third-order valence-electron chi connectivity index (χ3n) is 2.02. The molecule has 0 aliphatic carbocycles. The number of halogens is 1. The van der Waals surface area contributed by atoms with E-state index in [2.05, 4.69) is 10.0 Å². The minimum atomic E-state index is -3.63. The number of rotatable bonds is 1. The molecule has 1 aliphatic rings. The van der Waals surface area contributed by atoms with Crippen molar-refractivity contribution in [1.82, 2.24) is 4.72 Å². The topological polar surface area (TPSA) is 67.4 Å². The summed E-state index contributed by atoms with van der Waals surface area (Å²) in [7, 11) is -2.22. The van der Waals surface area contributed by atoms with E-state index in [4.69, 9.17) is 28.6 Å². The summed E-state index contributed by atoms with van der Waals surface area (Å²) >= 11 is 10.6. The second kappa shape index (κ2) is 3.76. The Morgan fingerprint density at radius 2 is 2.12 bits per heavy atom. The molecule has 0 bridgehead atoms. The number of sulfonamides is 1. The Hall–Kier alpha value is -1.05. The van der Waals surface area contributed by atoms with Gasteiger partial charge in [0.05, 0.1) is 17.8 Å². The number of fused-ring (bicyclic) bond motifs is 1. The van der Waals surface area contributed by atoms with Crippen LogP contribution in [0.1, 0.15) is 0 Å². The maximum absolute atomic E-state index is 11.7. The lowest BCUT2D eigenvalue weighted by molar-refractivity contribution is 0.413. The normalized spacial score (nSPS) is 17.0. The SMILES string of the molecule is COc1cc2c(cc1Cl)NC(=S)NS2(=O)=O. The van der Waals surface area contributed by atoms with Crippen LogP contribution in [0.4, 0.5) is 5.69 Å². The average Bonchev–Trinajstić information content (AvgIpc) is 2.15. The van der Waals surface area contributed by atoms with Crippen LogP contribution < -0.4 is 14.8 Å². The molecule has 0 radical (unpaired) electrons. The van der Waals surface area contributed by atoms with Gasteiger partial charge in [-0.05, 0) is 18.3 Å². The Kier molecular flexibility index (Phi) is 2.69. The van der Waals surface area contributed by atoms with E-state index in [0.29, 0.717) is 16.5 Å². The molecule has 0 fully saturated rings. The molecule has 5 nitrogen and oxygen atoms in total. The first-order valence-corrected chi connectivity index (χ1v) is 6.42. The molecule has 0 amide bonds. The van der Waals surface area contributed by atoms with Crippen molar-refractivity contribution >= 4 is 44.6 Å². The number of nitrogens with one attached hydrogen (secondary N) is 2. The van der Waals surface area contributed by atoms with Crippen molar-refractivity contribution < 1.29 is 13.2 Å². The lowest BCUT2D eigenvalue weighted by Gasteiger charge is -2.21. The molecule has 0 unspecified atom stereocenters. The summed E-state index contributed by atoms with van der Waals surface area (Å²) in [5, 5.41) is 3.04. The number of benzene rings is 1. The molecule has 0 saturated heterocycles. The maximum Gasteiger partial charge on any atom is 0.265 e. The maximum atomic E-state index is 11.7. The lowest BCUT2D eigenvalue weighted by atomic mass is 10.3. The quantitative estimate of drug-likeness (QED) is 0.759. The van der Waals surface area contributed by atoms with Gasteiger partial charge in [0.15, 0.2) is 5.11 Å². The third-order valence-corrected chi connectivity index (χ3v) is 4.04. The molecule has 16 heavy (non-hydrogen) atoms. The van der Waals surface area contributed by atoms with E-state index in [1.807, 2.05) is 0 Å². The molecular formula is C8H7ClN2O3S2. The van der Waals surface area contributed by atoms with Gasteiger partial charge in [-0.3, -0.25) is 4.72 Å². The molecule has 8 heteroatoms. The van der Waals surface area contributed by atoms with Crippen LogP contribution in [0.3, 0.4) is 0 Å². The number of hydrogen-bond donors (Lipinski definition) is 2. The van der Waals surface area contributed by atoms with Gasteiger partial charge in [-0.2, -0.15) is 0 Å². The molecule has 0 aromatic heterocycles. The Morgan fingerprint density at radius 1 is 1.44 bits per heavy atom. The highest BCUT2D eigenvalue weighted by Crippen LogP contribution is 2.34. The van der Waals surface area contributed by atoms with Crippen LogP contribution in [0.2, 0.25) is 5.02 Å². The van der Waals surface area contributed by atoms with Gasteiger partial charge in [-0.1, -0.05) is 11.6 Å². The predicted molar refractivity (Wildman–Crippen MR) is 64.5 cm³/mol. The highest BCUT2D eigenvalue weighted by Gasteiger charge is 2.27. The Morgan fingerprint density at radius 3 is 2.75 bits per heavy atom. The lowest BCUT2D eigenvalue weighted by Crippen LogP contribution is -2.39. The number of anilines is 1. The van der Waals surface area contributed by atoms with Crippen molar-refractivity contribution in [3.8, 4) is 5.75 Å². The summed E-state index contributed by atoms with van der Waals surface area (Å²) < 4.78 is 30.6. The zero-order chi connectivity index (χ0) is 11.9. The van der Waals surface area contributed by atoms with E-state index in [1.54, 1.807) is 0 Å². The minimum absolute atomic E-state index is 0.0220. The number of hydrogen-bond acceptors (Lipinski definition) is 4. The second-order valence-corrected chi connectivity index (χ2v) is 5.51. The summed E-state index contributed by atoms with van der Waals surface area (Å²) in [5.74, 6) is 0.292. The highest BCUT2D eigenvalue weighted by atomic mass is 35.5. The molecule has 1 aromatic rings. The Balaban J connectivity index is 2.70. The first kappa shape index (κ1) is 11.4. The molecule has 2 N–H and O–H groups in total. The Bertz CT molecular complexity index is 571. The summed E-state index contributed by atoms with van der Waals surface area (Å²) in [6.07, 6.45) is 0. The average molecular weight is 279 g/mol. The number of ether oxygens (including phenoxy) is 1. The molecule has 1 aliphatic heterocycles. The standard InChI is InChI=1S/C8H7ClN2O3S2/c1-14-6-3-7-5(2-4(6)9)10-8(15)11-16(7,12)13/h2-3H,1H3,(H2,10,11,15). The zero-order valence-electron chi connectivity index (χ0n) is 8.07. The van der Waals surface area contributed by atoms with Crippen molar-refractivity contribution in [3.63, 3.8) is 0 Å². The molecule has 2 rings (SSSR count). The zero-order valence-corrected chi connectivity index (χ0v) is 10.5. The van der Waals surface area contributed by atoms with E-state index >= 15 is 0 Å². The molecule has 1 aromatic carbocycles. The van der Waals surface area contributed by atoms with Crippen LogP contribution in [-0.2, 0) is 10.0 Å². The van der Waals surface area contributed by atoms with Crippen LogP contribution in [0.25, 0.3) is 0 Å². The fourth-order valence-corrected chi connectivity index (χ4v) is 3.08. The van der Waals surface area contributed by atoms with Crippen molar-refractivity contribution in [2.24, 2.45) is 0 Å². The number of thiocarbonyl (C=S) groups is 1. The molecule has 86 valence electrons. The Labute approximate surface area is 103 Å². The smallest absolute Gasteiger partial charge is 0.265 e. The van der Waals surface area contributed by atoms with Crippen LogP contribution in [-0.4, -0.2) is 20.6 Å². The predicted octanol–water partition coefficient (Wildman–Crippen LogP) is 1.34. The van der Waals surface area contributed by atoms with E-state index in [9.17, 15) is 8.42 Å². The van der Waals surface area contributed by atoms with Crippen LogP contribution in [0, 0.1) is 0 Å². The van der Waals surface area contributed by atoms with Gasteiger partial charge >= 0.3 is 0 Å². The minimum Gasteiger partial charge on any atom is -0.495 e. The van der Waals surface area contributed by atoms with E-state index in [1.165, 1.54) is 19.2 Å². The van der Waals surface area contributed by atoms with Crippen molar-refractivity contribution in [2.75, 3.05) is 12.4 Å². The summed E-state index contributed by atoms with van der Waals surface area (Å²) in [4.78, 5) is 0.0577. The number of methoxy groups -OCH3 is 1. The molecule has 0 atom stereocenters. The second-order valence-electron chi connectivity index (χ2n) is 3.04. The fraction of sp³-hybridized carbons (Fsp3) is 0.125.